The number of carbonyl (C=O) groups excluding carboxylic acids is 1. The maximum absolute atomic E-state index is 13.4. The first-order chi connectivity index (χ1) is 26.1. The smallest absolute Gasteiger partial charge is 0.871 e. The second-order valence-electron chi connectivity index (χ2n) is 11.7. The summed E-state index contributed by atoms with van der Waals surface area (Å²) in [5, 5.41) is 68.1. The quantitative estimate of drug-likeness (QED) is 0.0803. The molecule has 0 unspecified atom stereocenters. The molecule has 1 amide bonds. The molecule has 0 aliphatic carbocycles. The summed E-state index contributed by atoms with van der Waals surface area (Å²) in [4.78, 5) is 8.44. The molecule has 0 aliphatic rings. The average Bonchev–Trinajstić information content (AvgIpc) is 3.09. The van der Waals surface area contributed by atoms with E-state index in [1.54, 1.807) is 0 Å². The molecule has 0 heterocycles. The van der Waals surface area contributed by atoms with Gasteiger partial charge in [-0.15, -0.1) is 10.2 Å². The van der Waals surface area contributed by atoms with Crippen molar-refractivity contribution in [1.82, 2.24) is 0 Å². The second kappa shape index (κ2) is 21.9. The van der Waals surface area contributed by atoms with Gasteiger partial charge < -0.3 is 39.4 Å². The summed E-state index contributed by atoms with van der Waals surface area (Å²) >= 11 is 0. The molecule has 1 N–H and O–H groups in total. The number of anilines is 1. The van der Waals surface area contributed by atoms with Gasteiger partial charge in [0.25, 0.3) is 0 Å². The van der Waals surface area contributed by atoms with Crippen LogP contribution in [0.5, 0.6) is 23.0 Å². The SMILES string of the molecule is CC(=O)Nc1cccc2cc(S(=O)(=O)[O-])c(N=Nc3ccc(-c4ccc(N=Nc5c(S(=O)(=O)[O-])cc6cccc(S(=O)(=O)[O-])c6c5[O-])c([O-])c4)cc3[O-])c([O-])c12.[Cu+2].[Cu+2].[Na+].[Na+].[Na+]. The molecule has 0 spiro atoms. The van der Waals surface area contributed by atoms with E-state index >= 15 is 0 Å². The third-order valence-electron chi connectivity index (χ3n) is 7.97. The predicted octanol–water partition coefficient (Wildman–Crippen LogP) is -5.54. The molecule has 6 aromatic rings. The molecule has 0 fully saturated rings. The van der Waals surface area contributed by atoms with Crippen molar-refractivity contribution in [2.45, 2.75) is 21.6 Å². The first kappa shape index (κ1) is 56.5. The van der Waals surface area contributed by atoms with E-state index in [0.717, 1.165) is 48.5 Å². The monoisotopic (exact) mass is 1010 g/mol. The van der Waals surface area contributed by atoms with E-state index in [1.807, 2.05) is 0 Å². The Bertz CT molecular complexity index is 3090. The number of nitrogens with zero attached hydrogens (tertiary/aromatic N) is 4. The van der Waals surface area contributed by atoms with Gasteiger partial charge in [0.05, 0.1) is 37.4 Å². The van der Waals surface area contributed by atoms with Gasteiger partial charge >= 0.3 is 123 Å². The molecular weight excluding hydrogens is 995 g/mol. The van der Waals surface area contributed by atoms with Gasteiger partial charge in [0.15, 0.2) is 0 Å². The normalized spacial score (nSPS) is 11.5. The van der Waals surface area contributed by atoms with Crippen LogP contribution in [0.25, 0.3) is 32.7 Å². The largest absolute Gasteiger partial charge is 2.00 e. The second-order valence-corrected chi connectivity index (χ2v) is 15.7. The molecule has 6 rings (SSSR count). The van der Waals surface area contributed by atoms with Crippen LogP contribution < -0.4 is 114 Å². The summed E-state index contributed by atoms with van der Waals surface area (Å²) < 4.78 is 108. The number of hydrogen-bond donors (Lipinski definition) is 1. The first-order valence-electron chi connectivity index (χ1n) is 15.3. The Labute approximate surface area is 434 Å². The van der Waals surface area contributed by atoms with Gasteiger partial charge in [0.2, 0.25) is 5.91 Å². The Morgan fingerprint density at radius 1 is 0.525 bits per heavy atom. The summed E-state index contributed by atoms with van der Waals surface area (Å²) in [7, 11) is -16.0. The summed E-state index contributed by atoms with van der Waals surface area (Å²) in [6, 6.07) is 15.2. The van der Waals surface area contributed by atoms with E-state index in [1.165, 1.54) is 37.3 Å². The van der Waals surface area contributed by atoms with Gasteiger partial charge in [-0.1, -0.05) is 71.5 Å². The van der Waals surface area contributed by atoms with Gasteiger partial charge in [-0.25, -0.2) is 25.3 Å². The topological polar surface area (TPSA) is 342 Å². The van der Waals surface area contributed by atoms with Crippen LogP contribution in [0.15, 0.2) is 120 Å². The maximum atomic E-state index is 13.4. The minimum Gasteiger partial charge on any atom is -0.871 e. The number of fused-ring (bicyclic) bond motifs is 2. The molecule has 0 bridgehead atoms. The summed E-state index contributed by atoms with van der Waals surface area (Å²) in [6.07, 6.45) is 0. The molecular formula is C34H18Cu2N5Na3O14S3. The van der Waals surface area contributed by atoms with Crippen molar-refractivity contribution in [3.63, 3.8) is 0 Å². The van der Waals surface area contributed by atoms with Crippen LogP contribution in [0, 0.1) is 0 Å². The molecule has 2 radical (unpaired) electrons. The van der Waals surface area contributed by atoms with Crippen molar-refractivity contribution < 1.29 is 187 Å². The standard InChI is InChI=1S/C34H25N5O14S3.2Cu.3Na/c1-16(40)35-23-6-2-4-19-14-27(55(48,49)50)31(33(43)29(19)23)38-36-21-10-8-17(12-24(21)41)18-9-11-22(25(42)13-18)37-39-32-28(56(51,52)53)15-20-5-3-7-26(54(45,46)47)30(20)34(32)44;;;;;/h2-15,41-44H,1H3,(H,35,40)(H,45,46,47)(H,48,49,50)(H,51,52,53);;;;;/q;2*+2;3*+1/p-7. The fourth-order valence-corrected chi connectivity index (χ4v) is 7.56. The number of nitrogens with one attached hydrogen (secondary N) is 1. The van der Waals surface area contributed by atoms with Crippen molar-refractivity contribution in [2.75, 3.05) is 5.32 Å². The first-order valence-corrected chi connectivity index (χ1v) is 19.5. The van der Waals surface area contributed by atoms with Gasteiger partial charge in [-0.3, -0.25) is 4.79 Å². The molecule has 19 nitrogen and oxygen atoms in total. The summed E-state index contributed by atoms with van der Waals surface area (Å²) in [6.45, 7) is 1.17. The van der Waals surface area contributed by atoms with E-state index in [2.05, 4.69) is 25.8 Å². The molecule has 6 aromatic carbocycles. The number of hydrogen-bond acceptors (Lipinski definition) is 18. The van der Waals surface area contributed by atoms with Crippen molar-refractivity contribution in [2.24, 2.45) is 20.5 Å². The Hall–Kier alpha value is -2.52. The Morgan fingerprint density at radius 3 is 1.31 bits per heavy atom. The van der Waals surface area contributed by atoms with Crippen LogP contribution in [0.2, 0.25) is 0 Å². The Balaban J connectivity index is 0.00000372. The molecule has 0 saturated heterocycles. The number of carbonyl (C=O) groups is 1. The van der Waals surface area contributed by atoms with Crippen molar-refractivity contribution in [3.8, 4) is 34.1 Å². The van der Waals surface area contributed by atoms with E-state index in [-0.39, 0.29) is 156 Å². The molecule has 0 saturated carbocycles. The fourth-order valence-electron chi connectivity index (χ4n) is 5.57. The molecule has 61 heavy (non-hydrogen) atoms. The van der Waals surface area contributed by atoms with Crippen LogP contribution in [0.4, 0.5) is 28.4 Å². The maximum Gasteiger partial charge on any atom is 2.00 e. The van der Waals surface area contributed by atoms with Gasteiger partial charge in [0.1, 0.15) is 30.4 Å². The van der Waals surface area contributed by atoms with E-state index in [9.17, 15) is 64.1 Å². The molecule has 0 aliphatic heterocycles. The molecule has 27 heteroatoms. The predicted molar refractivity (Wildman–Crippen MR) is 184 cm³/mol. The van der Waals surface area contributed by atoms with E-state index in [0.29, 0.717) is 6.07 Å². The summed E-state index contributed by atoms with van der Waals surface area (Å²) in [5.41, 5.74) is -2.77. The zero-order valence-electron chi connectivity index (χ0n) is 31.4. The van der Waals surface area contributed by atoms with Crippen molar-refractivity contribution in [3.05, 3.63) is 84.9 Å². The van der Waals surface area contributed by atoms with Crippen LogP contribution >= 0.6 is 0 Å². The zero-order chi connectivity index (χ0) is 40.9. The van der Waals surface area contributed by atoms with Crippen LogP contribution in [-0.4, -0.2) is 44.8 Å². The minimum atomic E-state index is -5.43. The number of azo groups is 2. The minimum absolute atomic E-state index is 0. The molecule has 0 aromatic heterocycles. The Morgan fingerprint density at radius 2 is 0.918 bits per heavy atom. The number of rotatable bonds is 9. The number of benzene rings is 6. The third kappa shape index (κ3) is 12.4. The van der Waals surface area contributed by atoms with Crippen molar-refractivity contribution >= 4 is 86.2 Å². The molecule has 0 atom stereocenters. The zero-order valence-corrected chi connectivity index (χ0v) is 41.7. The Kier molecular flexibility index (Phi) is 20.3. The van der Waals surface area contributed by atoms with E-state index in [4.69, 9.17) is 0 Å². The van der Waals surface area contributed by atoms with Crippen LogP contribution in [0.3, 0.4) is 0 Å². The van der Waals surface area contributed by atoms with Gasteiger partial charge in [0, 0.05) is 12.6 Å². The van der Waals surface area contributed by atoms with Crippen molar-refractivity contribution in [1.29, 1.82) is 0 Å². The third-order valence-corrected chi connectivity index (χ3v) is 10.5. The summed E-state index contributed by atoms with van der Waals surface area (Å²) in [5.74, 6) is -4.80. The van der Waals surface area contributed by atoms with Gasteiger partial charge in [-0.2, -0.15) is 10.2 Å². The van der Waals surface area contributed by atoms with E-state index < -0.39 is 102 Å². The van der Waals surface area contributed by atoms with Crippen LogP contribution in [0.1, 0.15) is 6.92 Å². The average molecular weight is 1010 g/mol. The van der Waals surface area contributed by atoms with Gasteiger partial charge in [-0.05, 0) is 69.1 Å². The fraction of sp³-hybridized carbons (Fsp3) is 0.0294. The van der Waals surface area contributed by atoms with Crippen LogP contribution in [-0.2, 0) is 69.3 Å². The molecule has 306 valence electrons. The number of amides is 1.